The van der Waals surface area contributed by atoms with Gasteiger partial charge in [-0.1, -0.05) is 23.8 Å². The summed E-state index contributed by atoms with van der Waals surface area (Å²) in [5, 5.41) is 0. The highest BCUT2D eigenvalue weighted by Gasteiger charge is 2.25. The van der Waals surface area contributed by atoms with Crippen LogP contribution in [-0.4, -0.2) is 11.7 Å². The molecule has 0 saturated heterocycles. The minimum atomic E-state index is 0.138. The summed E-state index contributed by atoms with van der Waals surface area (Å²) in [4.78, 5) is 15.3. The van der Waals surface area contributed by atoms with Crippen LogP contribution in [0.4, 0.5) is 11.4 Å². The average molecular weight is 298 g/mol. The molecule has 3 rings (SSSR count). The number of benzene rings is 2. The van der Waals surface area contributed by atoms with Crippen LogP contribution in [0.2, 0.25) is 0 Å². The van der Waals surface area contributed by atoms with Gasteiger partial charge in [-0.3, -0.25) is 4.79 Å². The fraction of sp³-hybridized carbons (Fsp3) is 0.235. The van der Waals surface area contributed by atoms with E-state index in [0.717, 1.165) is 10.6 Å². The minimum absolute atomic E-state index is 0.138. The molecule has 0 aromatic heterocycles. The maximum atomic E-state index is 12.3. The van der Waals surface area contributed by atoms with E-state index in [9.17, 15) is 4.79 Å². The highest BCUT2D eigenvalue weighted by atomic mass is 32.2. The predicted molar refractivity (Wildman–Crippen MR) is 88.7 cm³/mol. The lowest BCUT2D eigenvalue weighted by molar-refractivity contribution is -0.116. The van der Waals surface area contributed by atoms with Crippen LogP contribution in [0.25, 0.3) is 0 Å². The van der Waals surface area contributed by atoms with Gasteiger partial charge >= 0.3 is 0 Å². The first-order chi connectivity index (χ1) is 10.0. The van der Waals surface area contributed by atoms with Crippen LogP contribution in [0.15, 0.2) is 41.3 Å². The molecule has 0 spiro atoms. The molecule has 0 atom stereocenters. The SMILES string of the molecule is Cc1ccc(C)c(CN2C(=O)CSc3ccc(N)cc32)c1. The number of carbonyl (C=O) groups excluding carboxylic acids is 1. The molecule has 3 nitrogen and oxygen atoms in total. The molecule has 0 bridgehead atoms. The zero-order chi connectivity index (χ0) is 15.0. The van der Waals surface area contributed by atoms with Crippen LogP contribution in [0.5, 0.6) is 0 Å². The van der Waals surface area contributed by atoms with Crippen molar-refractivity contribution in [3.05, 3.63) is 53.1 Å². The summed E-state index contributed by atoms with van der Waals surface area (Å²) in [5.74, 6) is 0.626. The van der Waals surface area contributed by atoms with E-state index in [4.69, 9.17) is 5.73 Å². The van der Waals surface area contributed by atoms with Crippen molar-refractivity contribution in [3.63, 3.8) is 0 Å². The van der Waals surface area contributed by atoms with Gasteiger partial charge in [-0.15, -0.1) is 11.8 Å². The number of thioether (sulfide) groups is 1. The third kappa shape index (κ3) is 2.76. The van der Waals surface area contributed by atoms with E-state index >= 15 is 0 Å². The lowest BCUT2D eigenvalue weighted by atomic mass is 10.0. The summed E-state index contributed by atoms with van der Waals surface area (Å²) in [7, 11) is 0. The number of carbonyl (C=O) groups is 1. The van der Waals surface area contributed by atoms with Gasteiger partial charge < -0.3 is 10.6 Å². The summed E-state index contributed by atoms with van der Waals surface area (Å²) in [6.45, 7) is 4.75. The molecule has 108 valence electrons. The first-order valence-electron chi connectivity index (χ1n) is 6.93. The quantitative estimate of drug-likeness (QED) is 0.863. The van der Waals surface area contributed by atoms with E-state index in [-0.39, 0.29) is 5.91 Å². The number of aryl methyl sites for hydroxylation is 2. The van der Waals surface area contributed by atoms with Gasteiger partial charge in [0.1, 0.15) is 0 Å². The molecule has 2 aromatic carbocycles. The number of nitrogens with zero attached hydrogens (tertiary/aromatic N) is 1. The highest BCUT2D eigenvalue weighted by Crippen LogP contribution is 2.37. The predicted octanol–water partition coefficient (Wildman–Crippen LogP) is 3.52. The van der Waals surface area contributed by atoms with E-state index in [0.29, 0.717) is 18.0 Å². The Bertz CT molecular complexity index is 712. The van der Waals surface area contributed by atoms with Crippen molar-refractivity contribution in [3.8, 4) is 0 Å². The lowest BCUT2D eigenvalue weighted by Gasteiger charge is -2.30. The number of nitrogens with two attached hydrogens (primary N) is 1. The van der Waals surface area contributed by atoms with Gasteiger partial charge in [0.25, 0.3) is 0 Å². The summed E-state index contributed by atoms with van der Waals surface area (Å²) in [6, 6.07) is 12.1. The van der Waals surface area contributed by atoms with Crippen LogP contribution >= 0.6 is 11.8 Å². The van der Waals surface area contributed by atoms with Crippen molar-refractivity contribution < 1.29 is 4.79 Å². The van der Waals surface area contributed by atoms with E-state index in [1.165, 1.54) is 16.7 Å². The Hall–Kier alpha value is -1.94. The molecule has 1 aliphatic heterocycles. The number of fused-ring (bicyclic) bond motifs is 1. The molecular weight excluding hydrogens is 280 g/mol. The van der Waals surface area contributed by atoms with Crippen molar-refractivity contribution in [2.24, 2.45) is 0 Å². The van der Waals surface area contributed by atoms with Gasteiger partial charge in [-0.05, 0) is 43.2 Å². The highest BCUT2D eigenvalue weighted by molar-refractivity contribution is 8.00. The summed E-state index contributed by atoms with van der Waals surface area (Å²) in [6.07, 6.45) is 0. The minimum Gasteiger partial charge on any atom is -0.399 e. The summed E-state index contributed by atoms with van der Waals surface area (Å²) in [5.41, 5.74) is 11.1. The van der Waals surface area contributed by atoms with E-state index in [1.54, 1.807) is 11.8 Å². The lowest BCUT2D eigenvalue weighted by Crippen LogP contribution is -2.35. The van der Waals surface area contributed by atoms with Gasteiger partial charge in [0.15, 0.2) is 0 Å². The Morgan fingerprint density at radius 1 is 1.19 bits per heavy atom. The molecule has 4 heteroatoms. The molecule has 0 fully saturated rings. The molecule has 1 heterocycles. The Balaban J connectivity index is 2.00. The topological polar surface area (TPSA) is 46.3 Å². The van der Waals surface area contributed by atoms with Crippen molar-refractivity contribution in [1.29, 1.82) is 0 Å². The summed E-state index contributed by atoms with van der Waals surface area (Å²) < 4.78 is 0. The fourth-order valence-electron chi connectivity index (χ4n) is 2.53. The Morgan fingerprint density at radius 2 is 2.00 bits per heavy atom. The molecule has 1 aliphatic rings. The van der Waals surface area contributed by atoms with Crippen molar-refractivity contribution in [2.75, 3.05) is 16.4 Å². The van der Waals surface area contributed by atoms with Crippen molar-refractivity contribution >= 4 is 29.0 Å². The first-order valence-corrected chi connectivity index (χ1v) is 7.92. The largest absolute Gasteiger partial charge is 0.399 e. The van der Waals surface area contributed by atoms with Crippen LogP contribution in [0.1, 0.15) is 16.7 Å². The van der Waals surface area contributed by atoms with E-state index in [1.807, 2.05) is 23.1 Å². The zero-order valence-electron chi connectivity index (χ0n) is 12.2. The monoisotopic (exact) mass is 298 g/mol. The van der Waals surface area contributed by atoms with Crippen molar-refractivity contribution in [1.82, 2.24) is 0 Å². The van der Waals surface area contributed by atoms with E-state index < -0.39 is 0 Å². The average Bonchev–Trinajstić information content (AvgIpc) is 2.46. The maximum Gasteiger partial charge on any atom is 0.237 e. The molecule has 0 saturated carbocycles. The third-order valence-corrected chi connectivity index (χ3v) is 4.81. The standard InChI is InChI=1S/C17H18N2OS/c1-11-3-4-12(2)13(7-11)9-19-15-8-14(18)5-6-16(15)21-10-17(19)20/h3-8H,9-10,18H2,1-2H3. The van der Waals surface area contributed by atoms with Gasteiger partial charge in [0.2, 0.25) is 5.91 Å². The van der Waals surface area contributed by atoms with Crippen LogP contribution < -0.4 is 10.6 Å². The molecule has 0 unspecified atom stereocenters. The Kier molecular flexibility index (Phi) is 3.64. The van der Waals surface area contributed by atoms with E-state index in [2.05, 4.69) is 32.0 Å². The Morgan fingerprint density at radius 3 is 2.81 bits per heavy atom. The fourth-order valence-corrected chi connectivity index (χ4v) is 3.45. The first kappa shape index (κ1) is 14.0. The number of hydrogen-bond donors (Lipinski definition) is 1. The van der Waals surface area contributed by atoms with Crippen LogP contribution in [-0.2, 0) is 11.3 Å². The maximum absolute atomic E-state index is 12.3. The zero-order valence-corrected chi connectivity index (χ0v) is 13.0. The number of hydrogen-bond acceptors (Lipinski definition) is 3. The van der Waals surface area contributed by atoms with Crippen molar-refractivity contribution in [2.45, 2.75) is 25.3 Å². The number of nitrogen functional groups attached to an aromatic ring is 1. The second-order valence-corrected chi connectivity index (χ2v) is 6.44. The van der Waals surface area contributed by atoms with Gasteiger partial charge in [0.05, 0.1) is 18.0 Å². The van der Waals surface area contributed by atoms with Gasteiger partial charge in [0, 0.05) is 10.6 Å². The summed E-state index contributed by atoms with van der Waals surface area (Å²) >= 11 is 1.58. The number of anilines is 2. The normalized spacial score (nSPS) is 14.2. The number of amides is 1. The van der Waals surface area contributed by atoms with Crippen LogP contribution in [0.3, 0.4) is 0 Å². The molecule has 0 radical (unpaired) electrons. The second-order valence-electron chi connectivity index (χ2n) is 5.43. The molecular formula is C17H18N2OS. The van der Waals surface area contributed by atoms with Gasteiger partial charge in [-0.2, -0.15) is 0 Å². The van der Waals surface area contributed by atoms with Crippen LogP contribution in [0, 0.1) is 13.8 Å². The molecule has 21 heavy (non-hydrogen) atoms. The molecule has 0 aliphatic carbocycles. The number of rotatable bonds is 2. The Labute approximate surface area is 129 Å². The second kappa shape index (κ2) is 5.45. The molecule has 2 N–H and O–H groups in total. The molecule has 2 aromatic rings. The molecule has 1 amide bonds. The third-order valence-electron chi connectivity index (χ3n) is 3.76. The smallest absolute Gasteiger partial charge is 0.237 e. The van der Waals surface area contributed by atoms with Gasteiger partial charge in [-0.25, -0.2) is 0 Å².